The second-order valence-corrected chi connectivity index (χ2v) is 17.2. The zero-order valence-electron chi connectivity index (χ0n) is 34.6. The highest BCUT2D eigenvalue weighted by molar-refractivity contribution is 7.47. The van der Waals surface area contributed by atoms with Crippen molar-refractivity contribution in [3.05, 3.63) is 12.2 Å². The van der Waals surface area contributed by atoms with Gasteiger partial charge in [0.1, 0.15) is 19.8 Å². The first-order valence-corrected chi connectivity index (χ1v) is 22.9. The van der Waals surface area contributed by atoms with Crippen LogP contribution in [-0.2, 0) is 32.7 Å². The van der Waals surface area contributed by atoms with E-state index in [0.29, 0.717) is 17.4 Å². The molecule has 0 heterocycles. The molecule has 0 aliphatic carbocycles. The van der Waals surface area contributed by atoms with Crippen molar-refractivity contribution in [3.8, 4) is 0 Å². The molecule has 0 rings (SSSR count). The van der Waals surface area contributed by atoms with Crippen molar-refractivity contribution in [2.45, 2.75) is 200 Å². The molecular formula is C42H83NO8P+. The van der Waals surface area contributed by atoms with Gasteiger partial charge in [-0.05, 0) is 38.5 Å². The quantitative estimate of drug-likeness (QED) is 0.0217. The van der Waals surface area contributed by atoms with E-state index in [1.165, 1.54) is 116 Å². The van der Waals surface area contributed by atoms with Crippen LogP contribution in [0.1, 0.15) is 194 Å². The third-order valence-electron chi connectivity index (χ3n) is 9.30. The zero-order valence-corrected chi connectivity index (χ0v) is 35.5. The van der Waals surface area contributed by atoms with Crippen LogP contribution in [0, 0.1) is 0 Å². The van der Waals surface area contributed by atoms with E-state index < -0.39 is 26.5 Å². The summed E-state index contributed by atoms with van der Waals surface area (Å²) in [4.78, 5) is 35.3. The van der Waals surface area contributed by atoms with Gasteiger partial charge in [0.25, 0.3) is 0 Å². The molecule has 0 aromatic heterocycles. The number of phosphoric ester groups is 1. The number of ether oxygens (including phenoxy) is 2. The summed E-state index contributed by atoms with van der Waals surface area (Å²) >= 11 is 0. The molecule has 52 heavy (non-hydrogen) atoms. The number of carbonyl (C=O) groups excluding carboxylic acids is 2. The Kier molecular flexibility index (Phi) is 34.6. The summed E-state index contributed by atoms with van der Waals surface area (Å²) in [5.41, 5.74) is 0. The van der Waals surface area contributed by atoms with Gasteiger partial charge in [0.15, 0.2) is 6.10 Å². The van der Waals surface area contributed by atoms with Crippen molar-refractivity contribution in [2.75, 3.05) is 47.5 Å². The van der Waals surface area contributed by atoms with Crippen molar-refractivity contribution in [1.82, 2.24) is 0 Å². The number of allylic oxidation sites excluding steroid dienone is 2. The monoisotopic (exact) mass is 761 g/mol. The molecule has 2 atom stereocenters. The normalized spacial score (nSPS) is 13.7. The second kappa shape index (κ2) is 35.5. The third-order valence-corrected chi connectivity index (χ3v) is 10.3. The molecule has 9 nitrogen and oxygen atoms in total. The van der Waals surface area contributed by atoms with Gasteiger partial charge in [0.05, 0.1) is 27.7 Å². The summed E-state index contributed by atoms with van der Waals surface area (Å²) < 4.78 is 34.2. The smallest absolute Gasteiger partial charge is 0.462 e. The maximum absolute atomic E-state index is 12.6. The van der Waals surface area contributed by atoms with E-state index in [0.717, 1.165) is 44.9 Å². The van der Waals surface area contributed by atoms with Gasteiger partial charge in [-0.3, -0.25) is 18.6 Å². The Bertz CT molecular complexity index is 907. The molecule has 1 unspecified atom stereocenters. The lowest BCUT2D eigenvalue weighted by atomic mass is 10.0. The van der Waals surface area contributed by atoms with Gasteiger partial charge in [0.2, 0.25) is 0 Å². The van der Waals surface area contributed by atoms with Crippen LogP contribution >= 0.6 is 7.82 Å². The number of hydrogen-bond donors (Lipinski definition) is 1. The van der Waals surface area contributed by atoms with Crippen LogP contribution < -0.4 is 0 Å². The first kappa shape index (κ1) is 50.8. The number of carbonyl (C=O) groups is 2. The number of nitrogens with zero attached hydrogens (tertiary/aromatic N) is 1. The summed E-state index contributed by atoms with van der Waals surface area (Å²) in [5, 5.41) is 0. The Labute approximate surface area is 320 Å². The van der Waals surface area contributed by atoms with Gasteiger partial charge < -0.3 is 18.9 Å². The van der Waals surface area contributed by atoms with Gasteiger partial charge in [0, 0.05) is 12.8 Å². The Morgan fingerprint density at radius 1 is 0.577 bits per heavy atom. The molecule has 1 N–H and O–H groups in total. The molecule has 0 aliphatic rings. The number of hydrogen-bond acceptors (Lipinski definition) is 7. The summed E-state index contributed by atoms with van der Waals surface area (Å²) in [7, 11) is 1.48. The fraction of sp³-hybridized carbons (Fsp3) is 0.905. The van der Waals surface area contributed by atoms with Crippen molar-refractivity contribution >= 4 is 19.8 Å². The lowest BCUT2D eigenvalue weighted by Gasteiger charge is -2.24. The summed E-state index contributed by atoms with van der Waals surface area (Å²) in [6, 6.07) is 0. The van der Waals surface area contributed by atoms with Crippen LogP contribution in [0.3, 0.4) is 0 Å². The van der Waals surface area contributed by atoms with Gasteiger partial charge in [-0.2, -0.15) is 0 Å². The fourth-order valence-electron chi connectivity index (χ4n) is 5.89. The first-order chi connectivity index (χ1) is 25.0. The van der Waals surface area contributed by atoms with Gasteiger partial charge in [-0.1, -0.05) is 154 Å². The number of esters is 2. The third kappa shape index (κ3) is 38.5. The van der Waals surface area contributed by atoms with E-state index in [1.807, 2.05) is 21.1 Å². The molecule has 0 spiro atoms. The SMILES string of the molecule is CCCCCCCCCC/C=C/CCCCCC(=O)OC[C@H](COP(=O)(O)OCC[N+](C)(C)C)OC(=O)CCCCCCCCCCCCCCC. The molecule has 308 valence electrons. The number of quaternary nitrogens is 1. The average Bonchev–Trinajstić information content (AvgIpc) is 3.09. The number of rotatable bonds is 39. The van der Waals surface area contributed by atoms with Crippen molar-refractivity contribution in [1.29, 1.82) is 0 Å². The molecule has 0 saturated heterocycles. The molecule has 0 amide bonds. The lowest BCUT2D eigenvalue weighted by Crippen LogP contribution is -2.37. The van der Waals surface area contributed by atoms with E-state index in [1.54, 1.807) is 0 Å². The van der Waals surface area contributed by atoms with Crippen LogP contribution in [0.5, 0.6) is 0 Å². The average molecular weight is 761 g/mol. The van der Waals surface area contributed by atoms with Crippen LogP contribution in [-0.4, -0.2) is 74.9 Å². The van der Waals surface area contributed by atoms with E-state index in [9.17, 15) is 19.0 Å². The molecule has 0 aliphatic heterocycles. The standard InChI is InChI=1S/C42H82NO8P/c1-6-8-10-12-14-16-18-20-21-23-24-26-28-30-32-34-41(44)48-38-40(39-50-52(46,47)49-37-36-43(3,4)5)51-42(45)35-33-31-29-27-25-22-19-17-15-13-11-9-7-2/h23-24,40H,6-22,25-39H2,1-5H3/p+1/b24-23+/t40-/m1/s1. The van der Waals surface area contributed by atoms with Gasteiger partial charge in [-0.25, -0.2) is 4.57 Å². The van der Waals surface area contributed by atoms with Crippen LogP contribution in [0.25, 0.3) is 0 Å². The minimum Gasteiger partial charge on any atom is -0.462 e. The van der Waals surface area contributed by atoms with E-state index >= 15 is 0 Å². The highest BCUT2D eigenvalue weighted by Crippen LogP contribution is 2.43. The summed E-state index contributed by atoms with van der Waals surface area (Å²) in [5.74, 6) is -0.809. The maximum Gasteiger partial charge on any atom is 0.472 e. The maximum atomic E-state index is 12.6. The predicted octanol–water partition coefficient (Wildman–Crippen LogP) is 11.8. The Balaban J connectivity index is 4.38. The zero-order chi connectivity index (χ0) is 38.6. The molecule has 0 fully saturated rings. The van der Waals surface area contributed by atoms with E-state index in [-0.39, 0.29) is 32.0 Å². The van der Waals surface area contributed by atoms with Gasteiger partial charge >= 0.3 is 19.8 Å². The minimum absolute atomic E-state index is 0.0326. The minimum atomic E-state index is -4.37. The molecule has 0 saturated carbocycles. The number of likely N-dealkylation sites (N-methyl/N-ethyl adjacent to an activating group) is 1. The molecule has 10 heteroatoms. The lowest BCUT2D eigenvalue weighted by molar-refractivity contribution is -0.870. The summed E-state index contributed by atoms with van der Waals surface area (Å²) in [6.45, 7) is 4.41. The van der Waals surface area contributed by atoms with Gasteiger partial charge in [-0.15, -0.1) is 0 Å². The van der Waals surface area contributed by atoms with Crippen molar-refractivity contribution < 1.29 is 42.1 Å². The molecular weight excluding hydrogens is 677 g/mol. The Morgan fingerprint density at radius 3 is 1.44 bits per heavy atom. The van der Waals surface area contributed by atoms with Crippen molar-refractivity contribution in [2.24, 2.45) is 0 Å². The number of unbranched alkanes of at least 4 members (excludes halogenated alkanes) is 23. The fourth-order valence-corrected chi connectivity index (χ4v) is 6.63. The van der Waals surface area contributed by atoms with Crippen LogP contribution in [0.15, 0.2) is 12.2 Å². The predicted molar refractivity (Wildman–Crippen MR) is 215 cm³/mol. The molecule has 0 aromatic rings. The molecule has 0 bridgehead atoms. The van der Waals surface area contributed by atoms with E-state index in [2.05, 4.69) is 26.0 Å². The topological polar surface area (TPSA) is 108 Å². The number of phosphoric acid groups is 1. The first-order valence-electron chi connectivity index (χ1n) is 21.4. The highest BCUT2D eigenvalue weighted by Gasteiger charge is 2.27. The summed E-state index contributed by atoms with van der Waals surface area (Å²) in [6.07, 6.45) is 35.4. The highest BCUT2D eigenvalue weighted by atomic mass is 31.2. The molecule has 0 radical (unpaired) electrons. The Morgan fingerprint density at radius 2 is 0.981 bits per heavy atom. The van der Waals surface area contributed by atoms with E-state index in [4.69, 9.17) is 18.5 Å². The second-order valence-electron chi connectivity index (χ2n) is 15.7. The van der Waals surface area contributed by atoms with Crippen molar-refractivity contribution in [3.63, 3.8) is 0 Å². The van der Waals surface area contributed by atoms with Crippen LogP contribution in [0.2, 0.25) is 0 Å². The largest absolute Gasteiger partial charge is 0.472 e. The van der Waals surface area contributed by atoms with Crippen LogP contribution in [0.4, 0.5) is 0 Å². The Hall–Kier alpha value is -1.25. The molecule has 0 aromatic carbocycles.